The van der Waals surface area contributed by atoms with Crippen molar-refractivity contribution in [3.63, 3.8) is 0 Å². The zero-order chi connectivity index (χ0) is 9.90. The summed E-state index contributed by atoms with van der Waals surface area (Å²) < 4.78 is 26.6. The van der Waals surface area contributed by atoms with Crippen LogP contribution in [0.2, 0.25) is 0 Å². The number of nitrogens with two attached hydrogens (primary N) is 1. The minimum atomic E-state index is -3.46. The summed E-state index contributed by atoms with van der Waals surface area (Å²) in [4.78, 5) is 3.71. The molecule has 0 atom stereocenters. The standard InChI is InChI=1S/C6H12N4O2S.ClH/c1-10-4-6(8-5-10)13(11,12)9-3-2-7;/h4-5,9H,2-3,7H2,1H3;1H. The molecule has 3 N–H and O–H groups in total. The largest absolute Gasteiger partial charge is 0.339 e. The smallest absolute Gasteiger partial charge is 0.259 e. The van der Waals surface area contributed by atoms with E-state index in [9.17, 15) is 8.42 Å². The van der Waals surface area contributed by atoms with Crippen molar-refractivity contribution in [2.45, 2.75) is 5.03 Å². The third-order valence-electron chi connectivity index (χ3n) is 1.39. The topological polar surface area (TPSA) is 90.0 Å². The third kappa shape index (κ3) is 3.26. The van der Waals surface area contributed by atoms with E-state index in [1.165, 1.54) is 12.5 Å². The molecule has 1 heterocycles. The zero-order valence-electron chi connectivity index (χ0n) is 7.67. The fraction of sp³-hybridized carbons (Fsp3) is 0.500. The molecule has 0 aromatic carbocycles. The lowest BCUT2D eigenvalue weighted by molar-refractivity contribution is 0.579. The van der Waals surface area contributed by atoms with Crippen molar-refractivity contribution in [2.75, 3.05) is 13.1 Å². The first-order chi connectivity index (χ1) is 6.06. The number of aromatic nitrogens is 2. The molecular weight excluding hydrogens is 228 g/mol. The van der Waals surface area contributed by atoms with Crippen LogP contribution in [-0.4, -0.2) is 31.1 Å². The van der Waals surface area contributed by atoms with E-state index >= 15 is 0 Å². The number of halogens is 1. The molecule has 0 spiro atoms. The van der Waals surface area contributed by atoms with Crippen molar-refractivity contribution >= 4 is 22.4 Å². The maximum atomic E-state index is 11.4. The molecule has 0 saturated carbocycles. The Morgan fingerprint density at radius 3 is 2.71 bits per heavy atom. The third-order valence-corrected chi connectivity index (χ3v) is 2.74. The lowest BCUT2D eigenvalue weighted by Crippen LogP contribution is -2.29. The van der Waals surface area contributed by atoms with E-state index in [1.54, 1.807) is 11.6 Å². The Morgan fingerprint density at radius 1 is 1.64 bits per heavy atom. The number of nitrogens with one attached hydrogen (secondary N) is 1. The van der Waals surface area contributed by atoms with Crippen molar-refractivity contribution in [1.82, 2.24) is 14.3 Å². The van der Waals surface area contributed by atoms with Gasteiger partial charge in [0.1, 0.15) is 0 Å². The molecule has 0 radical (unpaired) electrons. The maximum Gasteiger partial charge on any atom is 0.259 e. The Hall–Kier alpha value is -0.630. The number of rotatable bonds is 4. The van der Waals surface area contributed by atoms with E-state index < -0.39 is 10.0 Å². The second kappa shape index (κ2) is 5.30. The highest BCUT2D eigenvalue weighted by Crippen LogP contribution is 2.02. The summed E-state index contributed by atoms with van der Waals surface area (Å²) in [6, 6.07) is 0. The Kier molecular flexibility index (Phi) is 5.06. The summed E-state index contributed by atoms with van der Waals surface area (Å²) in [6.45, 7) is 0.491. The molecule has 1 aromatic rings. The van der Waals surface area contributed by atoms with Crippen LogP contribution >= 0.6 is 12.4 Å². The average Bonchev–Trinajstić information content (AvgIpc) is 2.49. The van der Waals surface area contributed by atoms with Crippen molar-refractivity contribution in [1.29, 1.82) is 0 Å². The molecule has 1 rings (SSSR count). The monoisotopic (exact) mass is 240 g/mol. The lowest BCUT2D eigenvalue weighted by Gasteiger charge is -2.00. The molecule has 0 fully saturated rings. The summed E-state index contributed by atoms with van der Waals surface area (Å²) in [7, 11) is -1.76. The van der Waals surface area contributed by atoms with Crippen LogP contribution in [0.4, 0.5) is 0 Å². The molecule has 0 aliphatic rings. The van der Waals surface area contributed by atoms with Crippen molar-refractivity contribution in [2.24, 2.45) is 12.8 Å². The molecule has 8 heteroatoms. The highest BCUT2D eigenvalue weighted by atomic mass is 35.5. The van der Waals surface area contributed by atoms with Crippen molar-refractivity contribution < 1.29 is 8.42 Å². The number of aryl methyl sites for hydroxylation is 1. The summed E-state index contributed by atoms with van der Waals surface area (Å²) in [6.07, 6.45) is 2.86. The van der Waals surface area contributed by atoms with Gasteiger partial charge in [0.2, 0.25) is 0 Å². The first kappa shape index (κ1) is 13.4. The average molecular weight is 241 g/mol. The van der Waals surface area contributed by atoms with Crippen LogP contribution in [0.25, 0.3) is 0 Å². The maximum absolute atomic E-state index is 11.4. The normalized spacial score (nSPS) is 11.0. The van der Waals surface area contributed by atoms with Gasteiger partial charge in [0.05, 0.1) is 6.33 Å². The van der Waals surface area contributed by atoms with E-state index in [2.05, 4.69) is 9.71 Å². The van der Waals surface area contributed by atoms with Crippen LogP contribution in [0.5, 0.6) is 0 Å². The molecule has 0 unspecified atom stereocenters. The Labute approximate surface area is 89.0 Å². The van der Waals surface area contributed by atoms with Crippen molar-refractivity contribution in [3.8, 4) is 0 Å². The minimum absolute atomic E-state index is 0. The van der Waals surface area contributed by atoms with Gasteiger partial charge >= 0.3 is 0 Å². The summed E-state index contributed by atoms with van der Waals surface area (Å²) in [5, 5.41) is 0.0171. The predicted molar refractivity (Wildman–Crippen MR) is 54.7 cm³/mol. The van der Waals surface area contributed by atoms with Crippen LogP contribution in [0, 0.1) is 0 Å². The highest BCUT2D eigenvalue weighted by Gasteiger charge is 2.15. The quantitative estimate of drug-likeness (QED) is 0.712. The molecule has 0 saturated heterocycles. The zero-order valence-corrected chi connectivity index (χ0v) is 9.31. The van der Waals surface area contributed by atoms with E-state index in [-0.39, 0.29) is 30.5 Å². The number of hydrogen-bond acceptors (Lipinski definition) is 4. The van der Waals surface area contributed by atoms with Gasteiger partial charge < -0.3 is 10.3 Å². The Balaban J connectivity index is 0.00000169. The molecule has 0 aliphatic heterocycles. The fourth-order valence-electron chi connectivity index (χ4n) is 0.795. The van der Waals surface area contributed by atoms with E-state index in [0.717, 1.165) is 0 Å². The summed E-state index contributed by atoms with van der Waals surface area (Å²) >= 11 is 0. The van der Waals surface area contributed by atoms with Crippen LogP contribution in [-0.2, 0) is 17.1 Å². The fourth-order valence-corrected chi connectivity index (χ4v) is 1.82. The lowest BCUT2D eigenvalue weighted by atomic mass is 10.7. The molecular formula is C6H13ClN4O2S. The van der Waals surface area contributed by atoms with E-state index in [1.807, 2.05) is 0 Å². The molecule has 82 valence electrons. The van der Waals surface area contributed by atoms with Crippen LogP contribution in [0.1, 0.15) is 0 Å². The predicted octanol–water partition coefficient (Wildman–Crippen LogP) is -0.921. The summed E-state index contributed by atoms with van der Waals surface area (Å²) in [5.74, 6) is 0. The van der Waals surface area contributed by atoms with Gasteiger partial charge in [-0.15, -0.1) is 12.4 Å². The molecule has 1 aromatic heterocycles. The van der Waals surface area contributed by atoms with Gasteiger partial charge in [0, 0.05) is 26.3 Å². The van der Waals surface area contributed by atoms with Crippen LogP contribution < -0.4 is 10.5 Å². The van der Waals surface area contributed by atoms with Gasteiger partial charge in [-0.2, -0.15) is 0 Å². The Bertz CT molecular complexity index is 375. The first-order valence-electron chi connectivity index (χ1n) is 3.74. The Morgan fingerprint density at radius 2 is 2.29 bits per heavy atom. The first-order valence-corrected chi connectivity index (χ1v) is 5.22. The number of hydrogen-bond donors (Lipinski definition) is 2. The highest BCUT2D eigenvalue weighted by molar-refractivity contribution is 7.89. The number of sulfonamides is 1. The molecule has 0 aliphatic carbocycles. The molecule has 6 nitrogen and oxygen atoms in total. The van der Waals surface area contributed by atoms with Gasteiger partial charge in [-0.3, -0.25) is 0 Å². The van der Waals surface area contributed by atoms with Gasteiger partial charge in [0.25, 0.3) is 10.0 Å². The van der Waals surface area contributed by atoms with Crippen molar-refractivity contribution in [3.05, 3.63) is 12.5 Å². The molecule has 14 heavy (non-hydrogen) atoms. The van der Waals surface area contributed by atoms with Gasteiger partial charge in [-0.05, 0) is 0 Å². The second-order valence-corrected chi connectivity index (χ2v) is 4.28. The van der Waals surface area contributed by atoms with Gasteiger partial charge in [-0.1, -0.05) is 0 Å². The van der Waals surface area contributed by atoms with Gasteiger partial charge in [-0.25, -0.2) is 18.1 Å². The number of nitrogens with zero attached hydrogens (tertiary/aromatic N) is 2. The van der Waals surface area contributed by atoms with E-state index in [0.29, 0.717) is 0 Å². The minimum Gasteiger partial charge on any atom is -0.339 e. The van der Waals surface area contributed by atoms with Crippen LogP contribution in [0.15, 0.2) is 17.6 Å². The SMILES string of the molecule is Cl.Cn1cnc(S(=O)(=O)NCCN)c1. The van der Waals surface area contributed by atoms with Gasteiger partial charge in [0.15, 0.2) is 5.03 Å². The molecule has 0 bridgehead atoms. The second-order valence-electron chi connectivity index (χ2n) is 2.56. The molecule has 0 amide bonds. The number of imidazole rings is 1. The summed E-state index contributed by atoms with van der Waals surface area (Å²) in [5.41, 5.74) is 5.17. The van der Waals surface area contributed by atoms with E-state index in [4.69, 9.17) is 5.73 Å². The van der Waals surface area contributed by atoms with Crippen LogP contribution in [0.3, 0.4) is 0 Å².